The molecule has 0 unspecified atom stereocenters. The Bertz CT molecular complexity index is 989. The highest BCUT2D eigenvalue weighted by Crippen LogP contribution is 2.24. The summed E-state index contributed by atoms with van der Waals surface area (Å²) in [6, 6.07) is 21.9. The van der Waals surface area contributed by atoms with Crippen molar-refractivity contribution in [1.82, 2.24) is 0 Å². The third-order valence-corrected chi connectivity index (χ3v) is 4.21. The molecule has 5 nitrogen and oxygen atoms in total. The quantitative estimate of drug-likeness (QED) is 0.608. The maximum atomic E-state index is 12.3. The van der Waals surface area contributed by atoms with E-state index in [2.05, 4.69) is 5.32 Å². The molecule has 28 heavy (non-hydrogen) atoms. The third kappa shape index (κ3) is 4.90. The van der Waals surface area contributed by atoms with Crippen molar-refractivity contribution in [3.63, 3.8) is 0 Å². The molecule has 0 atom stereocenters. The van der Waals surface area contributed by atoms with Gasteiger partial charge in [-0.05, 0) is 41.5 Å². The van der Waals surface area contributed by atoms with Crippen molar-refractivity contribution in [2.24, 2.45) is 0 Å². The molecule has 3 aromatic rings. The lowest BCUT2D eigenvalue weighted by molar-refractivity contribution is -0.118. The summed E-state index contributed by atoms with van der Waals surface area (Å²) >= 11 is 5.92. The smallest absolute Gasteiger partial charge is 0.340 e. The molecule has 3 rings (SSSR count). The molecule has 6 heteroatoms. The van der Waals surface area contributed by atoms with Crippen LogP contribution in [0.15, 0.2) is 72.8 Å². The van der Waals surface area contributed by atoms with Gasteiger partial charge in [0, 0.05) is 5.02 Å². The molecule has 1 N–H and O–H groups in total. The van der Waals surface area contributed by atoms with E-state index < -0.39 is 11.9 Å². The topological polar surface area (TPSA) is 64.6 Å². The molecular weight excluding hydrogens is 378 g/mol. The van der Waals surface area contributed by atoms with Crippen molar-refractivity contribution in [2.75, 3.05) is 19.0 Å². The summed E-state index contributed by atoms with van der Waals surface area (Å²) in [5, 5.41) is 3.01. The van der Waals surface area contributed by atoms with Crippen LogP contribution in [-0.2, 0) is 9.53 Å². The van der Waals surface area contributed by atoms with Crippen molar-refractivity contribution in [3.05, 3.63) is 83.4 Å². The summed E-state index contributed by atoms with van der Waals surface area (Å²) in [6.45, 7) is -0.207. The molecular formula is C22H18ClNO4. The van der Waals surface area contributed by atoms with E-state index in [1.165, 1.54) is 13.2 Å². The van der Waals surface area contributed by atoms with Gasteiger partial charge in [0.15, 0.2) is 6.61 Å². The van der Waals surface area contributed by atoms with Gasteiger partial charge in [0.1, 0.15) is 5.75 Å². The van der Waals surface area contributed by atoms with Crippen LogP contribution >= 0.6 is 11.6 Å². The number of esters is 1. The molecule has 0 saturated carbocycles. The van der Waals surface area contributed by atoms with Crippen LogP contribution in [0.3, 0.4) is 0 Å². The van der Waals surface area contributed by atoms with E-state index in [1.54, 1.807) is 18.2 Å². The first kappa shape index (κ1) is 19.5. The van der Waals surface area contributed by atoms with E-state index in [0.29, 0.717) is 16.5 Å². The summed E-state index contributed by atoms with van der Waals surface area (Å²) in [6.07, 6.45) is 0. The molecule has 0 radical (unpaired) electrons. The summed E-state index contributed by atoms with van der Waals surface area (Å²) in [4.78, 5) is 24.1. The van der Waals surface area contributed by atoms with Gasteiger partial charge in [-0.1, -0.05) is 54.1 Å². The molecule has 0 heterocycles. The highest BCUT2D eigenvalue weighted by molar-refractivity contribution is 6.31. The molecule has 0 aromatic heterocycles. The van der Waals surface area contributed by atoms with Gasteiger partial charge in [-0.15, -0.1) is 0 Å². The maximum Gasteiger partial charge on any atom is 0.340 e. The Hall–Kier alpha value is -3.31. The second-order valence-corrected chi connectivity index (χ2v) is 6.35. The van der Waals surface area contributed by atoms with Crippen molar-refractivity contribution in [3.8, 4) is 16.9 Å². The number of anilines is 1. The first-order valence-electron chi connectivity index (χ1n) is 8.53. The van der Waals surface area contributed by atoms with Crippen LogP contribution < -0.4 is 10.1 Å². The largest absolute Gasteiger partial charge is 0.484 e. The van der Waals surface area contributed by atoms with Crippen LogP contribution in [0.25, 0.3) is 11.1 Å². The van der Waals surface area contributed by atoms with Gasteiger partial charge < -0.3 is 14.8 Å². The fourth-order valence-corrected chi connectivity index (χ4v) is 2.81. The van der Waals surface area contributed by atoms with Gasteiger partial charge in [-0.2, -0.15) is 0 Å². The minimum absolute atomic E-state index is 0.175. The number of ether oxygens (including phenoxy) is 2. The van der Waals surface area contributed by atoms with E-state index in [0.717, 1.165) is 11.1 Å². The number of carbonyl (C=O) groups is 2. The first-order valence-corrected chi connectivity index (χ1v) is 8.90. The van der Waals surface area contributed by atoms with Crippen LogP contribution in [0.2, 0.25) is 5.02 Å². The minimum Gasteiger partial charge on any atom is -0.484 e. The Morgan fingerprint density at radius 3 is 2.43 bits per heavy atom. The first-order chi connectivity index (χ1) is 13.6. The van der Waals surface area contributed by atoms with Crippen LogP contribution in [-0.4, -0.2) is 25.6 Å². The normalized spacial score (nSPS) is 10.2. The zero-order valence-electron chi connectivity index (χ0n) is 15.1. The number of hydrogen-bond acceptors (Lipinski definition) is 4. The number of methoxy groups -OCH3 is 1. The molecule has 3 aromatic carbocycles. The zero-order valence-corrected chi connectivity index (χ0v) is 15.9. The Kier molecular flexibility index (Phi) is 6.29. The molecule has 0 fully saturated rings. The average molecular weight is 396 g/mol. The summed E-state index contributed by atoms with van der Waals surface area (Å²) in [7, 11) is 1.26. The monoisotopic (exact) mass is 395 g/mol. The highest BCUT2D eigenvalue weighted by Gasteiger charge is 2.15. The number of rotatable bonds is 6. The van der Waals surface area contributed by atoms with Crippen molar-refractivity contribution < 1.29 is 19.1 Å². The number of carbonyl (C=O) groups excluding carboxylic acids is 2. The Labute approximate surface area is 167 Å². The van der Waals surface area contributed by atoms with Gasteiger partial charge in [0.2, 0.25) is 0 Å². The van der Waals surface area contributed by atoms with Crippen LogP contribution in [0.5, 0.6) is 5.75 Å². The standard InChI is InChI=1S/C22H18ClNO4/c1-27-22(26)19-13-17(23)10-11-20(19)24-21(25)14-28-18-9-5-8-16(12-18)15-6-3-2-4-7-15/h2-13H,14H2,1H3,(H,24,25). The second kappa shape index (κ2) is 9.06. The van der Waals surface area contributed by atoms with Gasteiger partial charge >= 0.3 is 5.97 Å². The highest BCUT2D eigenvalue weighted by atomic mass is 35.5. The molecule has 0 aliphatic heterocycles. The minimum atomic E-state index is -0.589. The van der Waals surface area contributed by atoms with E-state index in [1.807, 2.05) is 48.5 Å². The molecule has 0 aliphatic carbocycles. The van der Waals surface area contributed by atoms with Crippen LogP contribution in [0.4, 0.5) is 5.69 Å². The molecule has 0 bridgehead atoms. The van der Waals surface area contributed by atoms with Crippen molar-refractivity contribution >= 4 is 29.2 Å². The van der Waals surface area contributed by atoms with Crippen molar-refractivity contribution in [1.29, 1.82) is 0 Å². The van der Waals surface area contributed by atoms with E-state index in [-0.39, 0.29) is 12.2 Å². The predicted molar refractivity (Wildman–Crippen MR) is 109 cm³/mol. The SMILES string of the molecule is COC(=O)c1cc(Cl)ccc1NC(=O)COc1cccc(-c2ccccc2)c1. The van der Waals surface area contributed by atoms with E-state index in [9.17, 15) is 9.59 Å². The molecule has 0 saturated heterocycles. The van der Waals surface area contributed by atoms with Gasteiger partial charge in [0.05, 0.1) is 18.4 Å². The lowest BCUT2D eigenvalue weighted by Crippen LogP contribution is -2.21. The lowest BCUT2D eigenvalue weighted by Gasteiger charge is -2.11. The average Bonchev–Trinajstić information content (AvgIpc) is 2.74. The summed E-state index contributed by atoms with van der Waals surface area (Å²) < 4.78 is 10.3. The number of benzene rings is 3. The lowest BCUT2D eigenvalue weighted by atomic mass is 10.1. The van der Waals surface area contributed by atoms with Gasteiger partial charge in [0.25, 0.3) is 5.91 Å². The third-order valence-electron chi connectivity index (χ3n) is 3.97. The predicted octanol–water partition coefficient (Wildman–Crippen LogP) is 4.81. The van der Waals surface area contributed by atoms with Gasteiger partial charge in [-0.3, -0.25) is 4.79 Å². The number of hydrogen-bond donors (Lipinski definition) is 1. The maximum absolute atomic E-state index is 12.3. The Morgan fingerprint density at radius 2 is 1.68 bits per heavy atom. The van der Waals surface area contributed by atoms with Crippen molar-refractivity contribution in [2.45, 2.75) is 0 Å². The summed E-state index contributed by atoms with van der Waals surface area (Å²) in [5.41, 5.74) is 2.53. The number of halogens is 1. The number of amides is 1. The Morgan fingerprint density at radius 1 is 0.929 bits per heavy atom. The van der Waals surface area contributed by atoms with Gasteiger partial charge in [-0.25, -0.2) is 4.79 Å². The van der Waals surface area contributed by atoms with Crippen LogP contribution in [0.1, 0.15) is 10.4 Å². The molecule has 0 spiro atoms. The molecule has 1 amide bonds. The fourth-order valence-electron chi connectivity index (χ4n) is 2.64. The Balaban J connectivity index is 1.66. The molecule has 0 aliphatic rings. The number of nitrogens with one attached hydrogen (secondary N) is 1. The summed E-state index contributed by atoms with van der Waals surface area (Å²) in [5.74, 6) is -0.423. The fraction of sp³-hybridized carbons (Fsp3) is 0.0909. The zero-order chi connectivity index (χ0) is 19.9. The molecule has 142 valence electrons. The van der Waals surface area contributed by atoms with E-state index in [4.69, 9.17) is 21.1 Å². The van der Waals surface area contributed by atoms with E-state index >= 15 is 0 Å². The second-order valence-electron chi connectivity index (χ2n) is 5.91. The van der Waals surface area contributed by atoms with Crippen LogP contribution in [0, 0.1) is 0 Å².